The monoisotopic (exact) mass is 266 g/mol. The molecule has 0 aliphatic rings. The van der Waals surface area contributed by atoms with Gasteiger partial charge in [0.15, 0.2) is 6.10 Å². The van der Waals surface area contributed by atoms with E-state index in [1.165, 1.54) is 6.20 Å². The van der Waals surface area contributed by atoms with Crippen molar-refractivity contribution in [1.82, 2.24) is 10.3 Å². The predicted molar refractivity (Wildman–Crippen MR) is 68.8 cm³/mol. The Morgan fingerprint density at radius 1 is 1.53 bits per heavy atom. The van der Waals surface area contributed by atoms with Crippen molar-refractivity contribution in [3.63, 3.8) is 0 Å². The summed E-state index contributed by atoms with van der Waals surface area (Å²) in [4.78, 5) is 26.6. The van der Waals surface area contributed by atoms with Crippen LogP contribution in [0.25, 0.3) is 0 Å². The quantitative estimate of drug-likeness (QED) is 0.774. The molecule has 0 aromatic carbocycles. The van der Waals surface area contributed by atoms with Crippen molar-refractivity contribution < 1.29 is 19.4 Å². The van der Waals surface area contributed by atoms with Crippen LogP contribution >= 0.6 is 0 Å². The normalized spacial score (nSPS) is 13.4. The molecule has 0 aliphatic carbocycles. The van der Waals surface area contributed by atoms with Crippen LogP contribution < -0.4 is 10.1 Å². The summed E-state index contributed by atoms with van der Waals surface area (Å²) in [5, 5.41) is 11.4. The number of ether oxygens (including phenoxy) is 1. The highest BCUT2D eigenvalue weighted by Gasteiger charge is 2.23. The van der Waals surface area contributed by atoms with Crippen LogP contribution in [0.2, 0.25) is 0 Å². The second-order valence-corrected chi connectivity index (χ2v) is 4.14. The average Bonchev–Trinajstić information content (AvgIpc) is 2.39. The molecular weight excluding hydrogens is 248 g/mol. The van der Waals surface area contributed by atoms with Crippen LogP contribution in [0.15, 0.2) is 24.5 Å². The van der Waals surface area contributed by atoms with Crippen LogP contribution in [0.1, 0.15) is 26.7 Å². The summed E-state index contributed by atoms with van der Waals surface area (Å²) < 4.78 is 5.37. The predicted octanol–water partition coefficient (Wildman–Crippen LogP) is 1.22. The largest absolute Gasteiger partial charge is 0.480 e. The van der Waals surface area contributed by atoms with E-state index in [0.29, 0.717) is 18.6 Å². The molecule has 1 amide bonds. The molecule has 2 atom stereocenters. The lowest BCUT2D eigenvalue weighted by molar-refractivity contribution is -0.143. The second-order valence-electron chi connectivity index (χ2n) is 4.14. The van der Waals surface area contributed by atoms with Crippen molar-refractivity contribution in [2.24, 2.45) is 0 Å². The summed E-state index contributed by atoms with van der Waals surface area (Å²) in [7, 11) is 0. The first-order valence-electron chi connectivity index (χ1n) is 6.14. The third-order valence-corrected chi connectivity index (χ3v) is 2.51. The van der Waals surface area contributed by atoms with Crippen molar-refractivity contribution >= 4 is 11.9 Å². The van der Waals surface area contributed by atoms with Gasteiger partial charge in [-0.3, -0.25) is 9.78 Å². The van der Waals surface area contributed by atoms with E-state index in [1.807, 2.05) is 6.92 Å². The first-order chi connectivity index (χ1) is 9.04. The van der Waals surface area contributed by atoms with Gasteiger partial charge in [-0.15, -0.1) is 0 Å². The number of aromatic nitrogens is 1. The summed E-state index contributed by atoms with van der Waals surface area (Å²) in [5.41, 5.74) is 0. The molecule has 0 saturated heterocycles. The van der Waals surface area contributed by atoms with Gasteiger partial charge in [-0.1, -0.05) is 13.3 Å². The lowest BCUT2D eigenvalue weighted by Crippen LogP contribution is -2.46. The topological polar surface area (TPSA) is 88.5 Å². The Kier molecular flexibility index (Phi) is 5.78. The molecule has 6 heteroatoms. The fourth-order valence-corrected chi connectivity index (χ4v) is 1.51. The van der Waals surface area contributed by atoms with Crippen molar-refractivity contribution in [2.45, 2.75) is 38.8 Å². The molecule has 19 heavy (non-hydrogen) atoms. The maximum Gasteiger partial charge on any atom is 0.326 e. The highest BCUT2D eigenvalue weighted by molar-refractivity contribution is 5.86. The Morgan fingerprint density at radius 3 is 2.79 bits per heavy atom. The fourth-order valence-electron chi connectivity index (χ4n) is 1.51. The Morgan fingerprint density at radius 2 is 2.26 bits per heavy atom. The first kappa shape index (κ1) is 14.9. The van der Waals surface area contributed by atoms with Crippen LogP contribution in [-0.4, -0.2) is 34.1 Å². The maximum absolute atomic E-state index is 11.8. The third-order valence-electron chi connectivity index (χ3n) is 2.51. The molecule has 104 valence electrons. The van der Waals surface area contributed by atoms with Crippen molar-refractivity contribution in [1.29, 1.82) is 0 Å². The van der Waals surface area contributed by atoms with E-state index in [4.69, 9.17) is 9.84 Å². The number of rotatable bonds is 7. The number of carbonyl (C=O) groups excluding carboxylic acids is 1. The number of pyridine rings is 1. The number of carbonyl (C=O) groups is 2. The zero-order valence-corrected chi connectivity index (χ0v) is 11.0. The maximum atomic E-state index is 11.8. The summed E-state index contributed by atoms with van der Waals surface area (Å²) >= 11 is 0. The third kappa shape index (κ3) is 4.95. The SMILES string of the molecule is CCCC(NC(=O)C(C)Oc1cccnc1)C(=O)O. The number of carboxylic acid groups (broad SMARTS) is 1. The number of amides is 1. The summed E-state index contributed by atoms with van der Waals surface area (Å²) in [6, 6.07) is 2.49. The number of hydrogen-bond donors (Lipinski definition) is 2. The van der Waals surface area contributed by atoms with Gasteiger partial charge in [-0.2, -0.15) is 0 Å². The van der Waals surface area contributed by atoms with E-state index < -0.39 is 24.0 Å². The Labute approximate surface area is 111 Å². The molecule has 0 spiro atoms. The Bertz CT molecular complexity index is 422. The minimum Gasteiger partial charge on any atom is -0.480 e. The molecule has 0 saturated carbocycles. The fraction of sp³-hybridized carbons (Fsp3) is 0.462. The molecule has 2 N–H and O–H groups in total. The minimum atomic E-state index is -1.04. The number of carboxylic acids is 1. The molecule has 0 fully saturated rings. The van der Waals surface area contributed by atoms with Crippen LogP contribution in [0.4, 0.5) is 0 Å². The van der Waals surface area contributed by atoms with Gasteiger partial charge in [0, 0.05) is 6.20 Å². The molecule has 1 aromatic heterocycles. The molecular formula is C13H18N2O4. The van der Waals surface area contributed by atoms with E-state index in [1.54, 1.807) is 25.3 Å². The van der Waals surface area contributed by atoms with E-state index in [0.717, 1.165) is 0 Å². The number of hydrogen-bond acceptors (Lipinski definition) is 4. The van der Waals surface area contributed by atoms with Gasteiger partial charge < -0.3 is 15.2 Å². The standard InChI is InChI=1S/C13H18N2O4/c1-3-5-11(13(17)18)15-12(16)9(2)19-10-6-4-7-14-8-10/h4,6-9,11H,3,5H2,1-2H3,(H,15,16)(H,17,18). The summed E-state index contributed by atoms with van der Waals surface area (Å²) in [6.07, 6.45) is 3.38. The molecule has 6 nitrogen and oxygen atoms in total. The van der Waals surface area contributed by atoms with Crippen LogP contribution in [0.3, 0.4) is 0 Å². The highest BCUT2D eigenvalue weighted by atomic mass is 16.5. The van der Waals surface area contributed by atoms with E-state index >= 15 is 0 Å². The van der Waals surface area contributed by atoms with Gasteiger partial charge >= 0.3 is 5.97 Å². The molecule has 1 heterocycles. The molecule has 0 aliphatic heterocycles. The van der Waals surface area contributed by atoms with E-state index in [-0.39, 0.29) is 0 Å². The van der Waals surface area contributed by atoms with Crippen molar-refractivity contribution in [2.75, 3.05) is 0 Å². The summed E-state index contributed by atoms with van der Waals surface area (Å²) in [5.74, 6) is -1.03. The van der Waals surface area contributed by atoms with Crippen LogP contribution in [0, 0.1) is 0 Å². The van der Waals surface area contributed by atoms with Crippen LogP contribution in [-0.2, 0) is 9.59 Å². The average molecular weight is 266 g/mol. The molecule has 0 bridgehead atoms. The van der Waals surface area contributed by atoms with Gasteiger partial charge in [0.1, 0.15) is 11.8 Å². The smallest absolute Gasteiger partial charge is 0.326 e. The van der Waals surface area contributed by atoms with Gasteiger partial charge in [0.05, 0.1) is 6.20 Å². The highest BCUT2D eigenvalue weighted by Crippen LogP contribution is 2.09. The number of nitrogens with zero attached hydrogens (tertiary/aromatic N) is 1. The minimum absolute atomic E-state index is 0.390. The Balaban J connectivity index is 2.54. The molecule has 1 aromatic rings. The van der Waals surface area contributed by atoms with Crippen molar-refractivity contribution in [3.8, 4) is 5.75 Å². The molecule has 2 unspecified atom stereocenters. The van der Waals surface area contributed by atoms with Gasteiger partial charge in [0.2, 0.25) is 0 Å². The van der Waals surface area contributed by atoms with Gasteiger partial charge in [0.25, 0.3) is 5.91 Å². The van der Waals surface area contributed by atoms with Gasteiger partial charge in [-0.25, -0.2) is 4.79 Å². The van der Waals surface area contributed by atoms with Crippen LogP contribution in [0.5, 0.6) is 5.75 Å². The first-order valence-corrected chi connectivity index (χ1v) is 6.14. The number of nitrogens with one attached hydrogen (secondary N) is 1. The van der Waals surface area contributed by atoms with Gasteiger partial charge in [-0.05, 0) is 25.5 Å². The summed E-state index contributed by atoms with van der Waals surface area (Å²) in [6.45, 7) is 3.42. The molecule has 1 rings (SSSR count). The second kappa shape index (κ2) is 7.35. The van der Waals surface area contributed by atoms with E-state index in [9.17, 15) is 9.59 Å². The van der Waals surface area contributed by atoms with E-state index in [2.05, 4.69) is 10.3 Å². The lowest BCUT2D eigenvalue weighted by Gasteiger charge is -2.18. The Hall–Kier alpha value is -2.11. The zero-order chi connectivity index (χ0) is 14.3. The number of aliphatic carboxylic acids is 1. The zero-order valence-electron chi connectivity index (χ0n) is 11.0. The molecule has 0 radical (unpaired) electrons. The van der Waals surface area contributed by atoms with Crippen molar-refractivity contribution in [3.05, 3.63) is 24.5 Å². The lowest BCUT2D eigenvalue weighted by atomic mass is 10.1.